The van der Waals surface area contributed by atoms with Crippen molar-refractivity contribution in [2.24, 2.45) is 7.05 Å². The highest BCUT2D eigenvalue weighted by molar-refractivity contribution is 5.94. The Hall–Kier alpha value is -2.18. The molecule has 0 spiro atoms. The van der Waals surface area contributed by atoms with Gasteiger partial charge in [-0.1, -0.05) is 24.3 Å². The van der Waals surface area contributed by atoms with Gasteiger partial charge >= 0.3 is 0 Å². The van der Waals surface area contributed by atoms with Crippen LogP contribution in [0.1, 0.15) is 39.3 Å². The molecule has 6 heteroatoms. The fraction of sp³-hybridized carbons (Fsp3) is 0.524. The molecule has 0 saturated heterocycles. The average molecular weight is 368 g/mol. The Bertz CT molecular complexity index is 805. The van der Waals surface area contributed by atoms with Crippen molar-refractivity contribution < 1.29 is 9.53 Å². The van der Waals surface area contributed by atoms with Crippen LogP contribution in [0.2, 0.25) is 0 Å². The van der Waals surface area contributed by atoms with Crippen molar-refractivity contribution in [3.63, 3.8) is 0 Å². The lowest BCUT2D eigenvalue weighted by Gasteiger charge is -2.32. The van der Waals surface area contributed by atoms with E-state index in [1.807, 2.05) is 11.7 Å². The number of hydrogen-bond acceptors (Lipinski definition) is 4. The average Bonchev–Trinajstić information content (AvgIpc) is 3.26. The van der Waals surface area contributed by atoms with Gasteiger partial charge in [-0.15, -0.1) is 0 Å². The van der Waals surface area contributed by atoms with Crippen molar-refractivity contribution in [2.75, 3.05) is 26.8 Å². The Morgan fingerprint density at radius 1 is 1.30 bits per heavy atom. The summed E-state index contributed by atoms with van der Waals surface area (Å²) in [6, 6.07) is 9.26. The minimum Gasteiger partial charge on any atom is -0.385 e. The molecule has 0 fully saturated rings. The number of carbonyl (C=O) groups excluding carboxylic acids is 1. The van der Waals surface area contributed by atoms with E-state index in [-0.39, 0.29) is 5.91 Å². The van der Waals surface area contributed by atoms with Gasteiger partial charge in [0.05, 0.1) is 0 Å². The molecule has 0 saturated carbocycles. The number of benzene rings is 1. The van der Waals surface area contributed by atoms with Gasteiger partial charge in [0.15, 0.2) is 5.69 Å². The van der Waals surface area contributed by atoms with Crippen molar-refractivity contribution in [3.8, 4) is 0 Å². The van der Waals surface area contributed by atoms with Crippen LogP contribution in [0.5, 0.6) is 0 Å². The topological polar surface area (TPSA) is 59.4 Å². The summed E-state index contributed by atoms with van der Waals surface area (Å²) >= 11 is 0. The highest BCUT2D eigenvalue weighted by atomic mass is 16.5. The van der Waals surface area contributed by atoms with Crippen LogP contribution in [0.25, 0.3) is 0 Å². The normalized spacial score (nSPS) is 17.0. The maximum Gasteiger partial charge on any atom is 0.272 e. The lowest BCUT2D eigenvalue weighted by atomic mass is 10.0. The molecule has 0 bridgehead atoms. The fourth-order valence-electron chi connectivity index (χ4n) is 4.40. The van der Waals surface area contributed by atoms with Crippen molar-refractivity contribution in [2.45, 2.75) is 38.3 Å². The molecule has 144 valence electrons. The van der Waals surface area contributed by atoms with Crippen molar-refractivity contribution in [1.29, 1.82) is 0 Å². The second kappa shape index (κ2) is 7.82. The van der Waals surface area contributed by atoms with Crippen molar-refractivity contribution in [1.82, 2.24) is 20.0 Å². The molecule has 2 aliphatic rings. The van der Waals surface area contributed by atoms with Crippen LogP contribution in [0.4, 0.5) is 0 Å². The number of methoxy groups -OCH3 is 1. The van der Waals surface area contributed by atoms with E-state index in [1.165, 1.54) is 16.8 Å². The third kappa shape index (κ3) is 3.64. The molecule has 1 aromatic carbocycles. The smallest absolute Gasteiger partial charge is 0.272 e. The van der Waals surface area contributed by atoms with Gasteiger partial charge in [0, 0.05) is 64.1 Å². The zero-order valence-electron chi connectivity index (χ0n) is 16.2. The van der Waals surface area contributed by atoms with Crippen LogP contribution >= 0.6 is 0 Å². The zero-order valence-corrected chi connectivity index (χ0v) is 16.2. The first kappa shape index (κ1) is 18.2. The standard InChI is InChI=1S/C21H28N4O2/c1-24-19-8-10-25(17-12-15-6-3-4-7-16(15)13-17)14-18(19)20(23-24)21(26)22-9-5-11-27-2/h3-4,6-7,17H,5,8-14H2,1-2H3,(H,22,26). The summed E-state index contributed by atoms with van der Waals surface area (Å²) in [5, 5.41) is 7.52. The Balaban J connectivity index is 1.46. The monoisotopic (exact) mass is 368 g/mol. The number of fused-ring (bicyclic) bond motifs is 2. The van der Waals surface area contributed by atoms with Gasteiger partial charge < -0.3 is 10.1 Å². The molecular formula is C21H28N4O2. The predicted octanol–water partition coefficient (Wildman–Crippen LogP) is 1.71. The second-order valence-corrected chi connectivity index (χ2v) is 7.55. The molecule has 0 unspecified atom stereocenters. The SMILES string of the molecule is COCCCNC(=O)c1nn(C)c2c1CN(C1Cc3ccccc3C1)CC2. The Morgan fingerprint density at radius 2 is 2.04 bits per heavy atom. The number of amides is 1. The molecule has 2 heterocycles. The van der Waals surface area contributed by atoms with Crippen LogP contribution in [0.3, 0.4) is 0 Å². The maximum absolute atomic E-state index is 12.7. The molecule has 2 aromatic rings. The number of nitrogens with zero attached hydrogens (tertiary/aromatic N) is 3. The molecule has 1 amide bonds. The number of nitrogens with one attached hydrogen (secondary N) is 1. The fourth-order valence-corrected chi connectivity index (χ4v) is 4.40. The first-order chi connectivity index (χ1) is 13.2. The van der Waals surface area contributed by atoms with Gasteiger partial charge in [-0.2, -0.15) is 5.10 Å². The second-order valence-electron chi connectivity index (χ2n) is 7.55. The van der Waals surface area contributed by atoms with E-state index in [1.54, 1.807) is 7.11 Å². The molecule has 1 N–H and O–H groups in total. The Labute approximate surface area is 160 Å². The molecule has 4 rings (SSSR count). The third-order valence-corrected chi connectivity index (χ3v) is 5.84. The van der Waals surface area contributed by atoms with E-state index < -0.39 is 0 Å². The molecule has 1 aliphatic carbocycles. The van der Waals surface area contributed by atoms with E-state index in [2.05, 4.69) is 39.6 Å². The quantitative estimate of drug-likeness (QED) is 0.789. The summed E-state index contributed by atoms with van der Waals surface area (Å²) < 4.78 is 6.93. The van der Waals surface area contributed by atoms with E-state index in [0.717, 1.165) is 44.3 Å². The van der Waals surface area contributed by atoms with Crippen LogP contribution in [-0.2, 0) is 37.6 Å². The zero-order chi connectivity index (χ0) is 18.8. The maximum atomic E-state index is 12.7. The van der Waals surface area contributed by atoms with Crippen LogP contribution in [0.15, 0.2) is 24.3 Å². The lowest BCUT2D eigenvalue weighted by Crippen LogP contribution is -2.40. The molecule has 6 nitrogen and oxygen atoms in total. The Kier molecular flexibility index (Phi) is 5.27. The molecule has 27 heavy (non-hydrogen) atoms. The molecule has 1 aromatic heterocycles. The summed E-state index contributed by atoms with van der Waals surface area (Å²) in [4.78, 5) is 15.2. The van der Waals surface area contributed by atoms with Gasteiger partial charge in [0.1, 0.15) is 0 Å². The summed E-state index contributed by atoms with van der Waals surface area (Å²) in [5.74, 6) is -0.0699. The number of carbonyl (C=O) groups is 1. The summed E-state index contributed by atoms with van der Waals surface area (Å²) in [7, 11) is 3.62. The number of aromatic nitrogens is 2. The lowest BCUT2D eigenvalue weighted by molar-refractivity contribution is 0.0939. The summed E-state index contributed by atoms with van der Waals surface area (Å²) in [6.45, 7) is 3.10. The summed E-state index contributed by atoms with van der Waals surface area (Å²) in [5.41, 5.74) is 5.82. The van der Waals surface area contributed by atoms with Gasteiger partial charge in [-0.3, -0.25) is 14.4 Å². The van der Waals surface area contributed by atoms with E-state index in [0.29, 0.717) is 24.9 Å². The van der Waals surface area contributed by atoms with Crippen molar-refractivity contribution in [3.05, 3.63) is 52.3 Å². The van der Waals surface area contributed by atoms with Gasteiger partial charge in [-0.25, -0.2) is 0 Å². The van der Waals surface area contributed by atoms with Gasteiger partial charge in [0.25, 0.3) is 5.91 Å². The summed E-state index contributed by atoms with van der Waals surface area (Å²) in [6.07, 6.45) is 3.96. The van der Waals surface area contributed by atoms with Gasteiger partial charge in [0.2, 0.25) is 0 Å². The molecule has 0 atom stereocenters. The minimum atomic E-state index is -0.0699. The van der Waals surface area contributed by atoms with E-state index in [9.17, 15) is 4.79 Å². The molecule has 0 radical (unpaired) electrons. The van der Waals surface area contributed by atoms with Crippen LogP contribution < -0.4 is 5.32 Å². The highest BCUT2D eigenvalue weighted by Gasteiger charge is 2.32. The highest BCUT2D eigenvalue weighted by Crippen LogP contribution is 2.30. The third-order valence-electron chi connectivity index (χ3n) is 5.84. The van der Waals surface area contributed by atoms with E-state index in [4.69, 9.17) is 4.74 Å². The number of ether oxygens (including phenoxy) is 1. The largest absolute Gasteiger partial charge is 0.385 e. The molecule has 1 aliphatic heterocycles. The number of hydrogen-bond donors (Lipinski definition) is 1. The van der Waals surface area contributed by atoms with Crippen molar-refractivity contribution >= 4 is 5.91 Å². The van der Waals surface area contributed by atoms with Crippen LogP contribution in [0, 0.1) is 0 Å². The van der Waals surface area contributed by atoms with E-state index >= 15 is 0 Å². The number of aryl methyl sites for hydroxylation is 1. The first-order valence-electron chi connectivity index (χ1n) is 9.80. The first-order valence-corrected chi connectivity index (χ1v) is 9.80. The molecular weight excluding hydrogens is 340 g/mol. The minimum absolute atomic E-state index is 0.0699. The Morgan fingerprint density at radius 3 is 2.74 bits per heavy atom. The number of rotatable bonds is 6. The van der Waals surface area contributed by atoms with Gasteiger partial charge in [-0.05, 0) is 30.4 Å². The van der Waals surface area contributed by atoms with Crippen LogP contribution in [-0.4, -0.2) is 53.4 Å². The predicted molar refractivity (Wildman–Crippen MR) is 104 cm³/mol.